The number of carbonyl (C=O) groups is 2. The fourth-order valence-corrected chi connectivity index (χ4v) is 4.23. The first-order valence-electron chi connectivity index (χ1n) is 9.18. The lowest BCUT2D eigenvalue weighted by Crippen LogP contribution is -2.56. The molecule has 0 aliphatic carbocycles. The zero-order valence-corrected chi connectivity index (χ0v) is 17.9. The van der Waals surface area contributed by atoms with E-state index in [9.17, 15) is 9.59 Å². The van der Waals surface area contributed by atoms with Gasteiger partial charge in [0.1, 0.15) is 4.99 Å². The van der Waals surface area contributed by atoms with E-state index < -0.39 is 22.8 Å². The topological polar surface area (TPSA) is 100.0 Å². The zero-order chi connectivity index (χ0) is 21.6. The lowest BCUT2D eigenvalue weighted by Gasteiger charge is -2.38. The summed E-state index contributed by atoms with van der Waals surface area (Å²) in [5.41, 5.74) is 0.588. The van der Waals surface area contributed by atoms with Crippen LogP contribution < -0.4 is 0 Å². The predicted molar refractivity (Wildman–Crippen MR) is 114 cm³/mol. The molecule has 0 amide bonds. The van der Waals surface area contributed by atoms with Crippen LogP contribution >= 0.6 is 24.0 Å². The second kappa shape index (κ2) is 9.77. The highest BCUT2D eigenvalue weighted by atomic mass is 32.2. The van der Waals surface area contributed by atoms with Crippen LogP contribution in [0.4, 0.5) is 0 Å². The number of carbonyl (C=O) groups excluding carboxylic acids is 2. The highest BCUT2D eigenvalue weighted by Gasteiger charge is 2.60. The van der Waals surface area contributed by atoms with E-state index >= 15 is 0 Å². The van der Waals surface area contributed by atoms with Crippen molar-refractivity contribution in [3.05, 3.63) is 54.4 Å². The van der Waals surface area contributed by atoms with E-state index in [1.807, 2.05) is 6.07 Å². The molecule has 10 heteroatoms. The number of rotatable bonds is 7. The van der Waals surface area contributed by atoms with Gasteiger partial charge in [-0.1, -0.05) is 30.4 Å². The summed E-state index contributed by atoms with van der Waals surface area (Å²) in [7, 11) is 0. The Morgan fingerprint density at radius 2 is 1.77 bits per heavy atom. The zero-order valence-electron chi connectivity index (χ0n) is 16.3. The normalized spacial score (nSPS) is 20.7. The summed E-state index contributed by atoms with van der Waals surface area (Å²) in [6, 6.07) is 10.6. The van der Waals surface area contributed by atoms with Crippen molar-refractivity contribution in [3.63, 3.8) is 0 Å². The van der Waals surface area contributed by atoms with E-state index in [2.05, 4.69) is 15.0 Å². The molecule has 2 unspecified atom stereocenters. The third-order valence-electron chi connectivity index (χ3n) is 3.98. The van der Waals surface area contributed by atoms with Gasteiger partial charge in [0.2, 0.25) is 5.90 Å². The van der Waals surface area contributed by atoms with E-state index in [-0.39, 0.29) is 29.3 Å². The summed E-state index contributed by atoms with van der Waals surface area (Å²) < 4.78 is 16.6. The maximum absolute atomic E-state index is 13.2. The lowest BCUT2D eigenvalue weighted by molar-refractivity contribution is -0.165. The van der Waals surface area contributed by atoms with Crippen molar-refractivity contribution in [3.8, 4) is 0 Å². The van der Waals surface area contributed by atoms with Crippen molar-refractivity contribution < 1.29 is 23.8 Å². The van der Waals surface area contributed by atoms with Crippen LogP contribution in [0.3, 0.4) is 0 Å². The van der Waals surface area contributed by atoms with Crippen molar-refractivity contribution in [2.75, 3.05) is 13.2 Å². The molecule has 0 saturated carbocycles. The fraction of sp³-hybridized carbons (Fsp3) is 0.300. The van der Waals surface area contributed by atoms with E-state index in [0.29, 0.717) is 5.56 Å². The van der Waals surface area contributed by atoms with Gasteiger partial charge in [-0.2, -0.15) is 0 Å². The smallest absolute Gasteiger partial charge is 0.363 e. The first-order chi connectivity index (χ1) is 14.5. The van der Waals surface area contributed by atoms with Crippen LogP contribution in [0.25, 0.3) is 0 Å². The van der Waals surface area contributed by atoms with Crippen LogP contribution in [-0.2, 0) is 23.8 Å². The maximum atomic E-state index is 13.2. The van der Waals surface area contributed by atoms with Gasteiger partial charge in [0.05, 0.1) is 13.2 Å². The summed E-state index contributed by atoms with van der Waals surface area (Å²) in [6.07, 6.45) is 3.03. The van der Waals surface area contributed by atoms with Crippen LogP contribution in [0.2, 0.25) is 0 Å². The highest BCUT2D eigenvalue weighted by Crippen LogP contribution is 2.44. The average molecular weight is 446 g/mol. The Balaban J connectivity index is 2.16. The van der Waals surface area contributed by atoms with E-state index in [1.54, 1.807) is 44.2 Å². The van der Waals surface area contributed by atoms with E-state index in [4.69, 9.17) is 26.4 Å². The van der Waals surface area contributed by atoms with Crippen LogP contribution in [0, 0.1) is 5.92 Å². The second-order valence-corrected chi connectivity index (χ2v) is 7.52. The summed E-state index contributed by atoms with van der Waals surface area (Å²) in [6.45, 7) is 3.48. The van der Waals surface area contributed by atoms with Crippen LogP contribution in [-0.4, -0.2) is 50.9 Å². The van der Waals surface area contributed by atoms with Gasteiger partial charge < -0.3 is 14.2 Å². The number of hydrogen-bond acceptors (Lipinski definition) is 9. The van der Waals surface area contributed by atoms with Gasteiger partial charge >= 0.3 is 11.9 Å². The average Bonchev–Trinajstić information content (AvgIpc) is 2.75. The molecule has 0 bridgehead atoms. The van der Waals surface area contributed by atoms with Crippen molar-refractivity contribution in [1.82, 2.24) is 9.97 Å². The van der Waals surface area contributed by atoms with Crippen LogP contribution in [0.15, 0.2) is 58.9 Å². The number of aliphatic imine (C=N–C) groups is 1. The largest absolute Gasteiger partial charge is 0.465 e. The summed E-state index contributed by atoms with van der Waals surface area (Å²) in [5, 5.41) is 0.206. The molecule has 30 heavy (non-hydrogen) atoms. The fourth-order valence-electron chi connectivity index (χ4n) is 2.72. The van der Waals surface area contributed by atoms with Gasteiger partial charge in [-0.3, -0.25) is 4.79 Å². The minimum atomic E-state index is -1.94. The predicted octanol–water partition coefficient (Wildman–Crippen LogP) is 2.81. The van der Waals surface area contributed by atoms with E-state index in [1.165, 1.54) is 12.4 Å². The Labute approximate surface area is 183 Å². The number of aromatic nitrogens is 2. The number of nitrogens with zero attached hydrogens (tertiary/aromatic N) is 3. The number of thioether (sulfide) groups is 1. The Bertz CT molecular complexity index is 955. The quantitative estimate of drug-likeness (QED) is 0.362. The Hall–Kier alpha value is -2.85. The Morgan fingerprint density at radius 1 is 1.10 bits per heavy atom. The van der Waals surface area contributed by atoms with Crippen molar-refractivity contribution >= 4 is 46.8 Å². The molecule has 1 aliphatic rings. The second-order valence-electron chi connectivity index (χ2n) is 5.93. The lowest BCUT2D eigenvalue weighted by atomic mass is 9.99. The van der Waals surface area contributed by atoms with E-state index in [0.717, 1.165) is 11.8 Å². The molecule has 1 aromatic carbocycles. The van der Waals surface area contributed by atoms with Crippen molar-refractivity contribution in [1.29, 1.82) is 0 Å². The molecule has 0 saturated heterocycles. The van der Waals surface area contributed by atoms with Gasteiger partial charge in [-0.25, -0.2) is 19.8 Å². The first-order valence-corrected chi connectivity index (χ1v) is 10.4. The first kappa shape index (κ1) is 21.8. The molecule has 156 valence electrons. The SMILES string of the molecule is CCOC(=O)C1C(=S)N=C(c2ccccc2)OC1(Sc1ncccn1)C(=O)OCC. The monoisotopic (exact) mass is 445 g/mol. The molecule has 1 aliphatic heterocycles. The Morgan fingerprint density at radius 3 is 2.40 bits per heavy atom. The summed E-state index contributed by atoms with van der Waals surface area (Å²) in [5.74, 6) is -2.77. The number of hydrogen-bond donors (Lipinski definition) is 0. The standard InChI is InChI=1S/C20H19N3O5S2/c1-3-26-17(24)14-16(29)23-15(13-9-6-5-7-10-13)28-20(14,18(25)27-4-2)30-19-21-11-8-12-22-19/h5-12,14H,3-4H2,1-2H3. The van der Waals surface area contributed by atoms with Gasteiger partial charge in [0, 0.05) is 18.0 Å². The molecular formula is C20H19N3O5S2. The number of esters is 2. The maximum Gasteiger partial charge on any atom is 0.363 e. The summed E-state index contributed by atoms with van der Waals surface area (Å²) in [4.78, 5) is 36.7. The number of benzene rings is 1. The third-order valence-corrected chi connectivity index (χ3v) is 5.48. The molecule has 8 nitrogen and oxygen atoms in total. The van der Waals surface area contributed by atoms with Crippen molar-refractivity contribution in [2.24, 2.45) is 10.9 Å². The molecule has 0 radical (unpaired) electrons. The molecule has 0 fully saturated rings. The molecule has 2 atom stereocenters. The Kier molecular flexibility index (Phi) is 7.11. The minimum absolute atomic E-state index is 0.0463. The molecule has 2 aromatic rings. The number of thiocarbonyl (C=S) groups is 1. The van der Waals surface area contributed by atoms with Gasteiger partial charge in [0.25, 0.3) is 4.93 Å². The molecule has 0 spiro atoms. The molecular weight excluding hydrogens is 426 g/mol. The third kappa shape index (κ3) is 4.49. The summed E-state index contributed by atoms with van der Waals surface area (Å²) >= 11 is 6.27. The molecule has 0 N–H and O–H groups in total. The molecule has 2 heterocycles. The number of ether oxygens (including phenoxy) is 3. The molecule has 3 rings (SSSR count). The molecule has 1 aromatic heterocycles. The van der Waals surface area contributed by atoms with Crippen LogP contribution in [0.5, 0.6) is 0 Å². The van der Waals surface area contributed by atoms with Gasteiger partial charge in [0.15, 0.2) is 11.1 Å². The van der Waals surface area contributed by atoms with Crippen LogP contribution in [0.1, 0.15) is 19.4 Å². The highest BCUT2D eigenvalue weighted by molar-refractivity contribution is 8.01. The van der Waals surface area contributed by atoms with Gasteiger partial charge in [-0.15, -0.1) is 0 Å². The minimum Gasteiger partial charge on any atom is -0.465 e. The van der Waals surface area contributed by atoms with Crippen molar-refractivity contribution in [2.45, 2.75) is 23.9 Å². The van der Waals surface area contributed by atoms with Gasteiger partial charge in [-0.05, 0) is 43.8 Å².